The molecule has 0 spiro atoms. The van der Waals surface area contributed by atoms with E-state index in [-0.39, 0.29) is 29.5 Å². The average Bonchev–Trinajstić information content (AvgIpc) is 2.57. The van der Waals surface area contributed by atoms with Crippen molar-refractivity contribution < 1.29 is 17.6 Å². The van der Waals surface area contributed by atoms with Gasteiger partial charge in [0.15, 0.2) is 0 Å². The van der Waals surface area contributed by atoms with Crippen LogP contribution in [0.2, 0.25) is 0 Å². The van der Waals surface area contributed by atoms with Crippen LogP contribution in [0, 0.1) is 12.7 Å². The molecule has 1 N–H and O–H groups in total. The van der Waals surface area contributed by atoms with Crippen LogP contribution < -0.4 is 5.32 Å². The predicted octanol–water partition coefficient (Wildman–Crippen LogP) is 2.00. The second kappa shape index (κ2) is 6.33. The highest BCUT2D eigenvalue weighted by atomic mass is 32.2. The Labute approximate surface area is 140 Å². The molecule has 1 fully saturated rings. The maximum Gasteiger partial charge on any atom is 0.244 e. The van der Waals surface area contributed by atoms with Crippen LogP contribution in [0.5, 0.6) is 0 Å². The predicted molar refractivity (Wildman–Crippen MR) is 87.2 cm³/mol. The molecule has 1 saturated heterocycles. The van der Waals surface area contributed by atoms with Gasteiger partial charge in [-0.05, 0) is 36.2 Å². The van der Waals surface area contributed by atoms with E-state index < -0.39 is 21.9 Å². The lowest BCUT2D eigenvalue weighted by Gasteiger charge is -2.34. The van der Waals surface area contributed by atoms with Crippen LogP contribution in [-0.4, -0.2) is 31.7 Å². The molecule has 0 aliphatic carbocycles. The molecule has 5 nitrogen and oxygen atoms in total. The lowest BCUT2D eigenvalue weighted by atomic mass is 10.1. The van der Waals surface area contributed by atoms with Crippen molar-refractivity contribution in [1.82, 2.24) is 9.62 Å². The SMILES string of the molecule is Cc1cc(S(=O)(=O)N2CCNC(=O)C2c2ccccc2)ccc1F. The first-order valence-corrected chi connectivity index (χ1v) is 8.96. The van der Waals surface area contributed by atoms with E-state index in [0.29, 0.717) is 5.56 Å². The van der Waals surface area contributed by atoms with Gasteiger partial charge in [-0.15, -0.1) is 0 Å². The number of hydrogen-bond acceptors (Lipinski definition) is 3. The van der Waals surface area contributed by atoms with E-state index >= 15 is 0 Å². The van der Waals surface area contributed by atoms with Crippen LogP contribution >= 0.6 is 0 Å². The Morgan fingerprint density at radius 3 is 2.54 bits per heavy atom. The van der Waals surface area contributed by atoms with Crippen molar-refractivity contribution in [3.8, 4) is 0 Å². The maximum atomic E-state index is 13.5. The Bertz CT molecular complexity index is 869. The number of nitrogens with one attached hydrogen (secondary N) is 1. The minimum Gasteiger partial charge on any atom is -0.353 e. The van der Waals surface area contributed by atoms with Gasteiger partial charge in [0.1, 0.15) is 11.9 Å². The zero-order chi connectivity index (χ0) is 17.3. The van der Waals surface area contributed by atoms with Crippen molar-refractivity contribution in [2.75, 3.05) is 13.1 Å². The van der Waals surface area contributed by atoms with Gasteiger partial charge in [0, 0.05) is 13.1 Å². The first kappa shape index (κ1) is 16.6. The van der Waals surface area contributed by atoms with E-state index in [1.165, 1.54) is 23.4 Å². The van der Waals surface area contributed by atoms with E-state index in [1.54, 1.807) is 30.3 Å². The standard InChI is InChI=1S/C17H17FN2O3S/c1-12-11-14(7-8-15(12)18)24(22,23)20-10-9-19-17(21)16(20)13-5-3-2-4-6-13/h2-8,11,16H,9-10H2,1H3,(H,19,21). The van der Waals surface area contributed by atoms with Gasteiger partial charge in [0.2, 0.25) is 15.9 Å². The van der Waals surface area contributed by atoms with E-state index in [0.717, 1.165) is 6.07 Å². The van der Waals surface area contributed by atoms with E-state index in [2.05, 4.69) is 5.32 Å². The molecule has 1 aliphatic heterocycles. The molecule has 1 unspecified atom stereocenters. The van der Waals surface area contributed by atoms with Gasteiger partial charge in [0.05, 0.1) is 4.90 Å². The average molecular weight is 348 g/mol. The largest absolute Gasteiger partial charge is 0.353 e. The summed E-state index contributed by atoms with van der Waals surface area (Å²) in [5.41, 5.74) is 0.839. The Morgan fingerprint density at radius 1 is 1.17 bits per heavy atom. The number of sulfonamides is 1. The zero-order valence-corrected chi connectivity index (χ0v) is 13.9. The number of nitrogens with zero attached hydrogens (tertiary/aromatic N) is 1. The van der Waals surface area contributed by atoms with Gasteiger partial charge in [-0.25, -0.2) is 12.8 Å². The van der Waals surface area contributed by atoms with Crippen molar-refractivity contribution in [2.45, 2.75) is 17.9 Å². The Kier molecular flexibility index (Phi) is 4.38. The molecule has 1 aliphatic rings. The van der Waals surface area contributed by atoms with Gasteiger partial charge in [-0.1, -0.05) is 30.3 Å². The quantitative estimate of drug-likeness (QED) is 0.923. The lowest BCUT2D eigenvalue weighted by molar-refractivity contribution is -0.126. The highest BCUT2D eigenvalue weighted by Gasteiger charge is 2.39. The topological polar surface area (TPSA) is 66.5 Å². The number of carbonyl (C=O) groups is 1. The van der Waals surface area contributed by atoms with Crippen LogP contribution in [0.3, 0.4) is 0 Å². The molecule has 3 rings (SSSR count). The summed E-state index contributed by atoms with van der Waals surface area (Å²) >= 11 is 0. The number of benzene rings is 2. The summed E-state index contributed by atoms with van der Waals surface area (Å²) in [5, 5.41) is 2.70. The fourth-order valence-corrected chi connectivity index (χ4v) is 4.43. The van der Waals surface area contributed by atoms with Crippen molar-refractivity contribution in [1.29, 1.82) is 0 Å². The van der Waals surface area contributed by atoms with Crippen molar-refractivity contribution in [3.63, 3.8) is 0 Å². The Balaban J connectivity index is 2.06. The highest BCUT2D eigenvalue weighted by molar-refractivity contribution is 7.89. The molecule has 0 saturated carbocycles. The number of amides is 1. The first-order chi connectivity index (χ1) is 11.4. The number of hydrogen-bond donors (Lipinski definition) is 1. The molecular weight excluding hydrogens is 331 g/mol. The first-order valence-electron chi connectivity index (χ1n) is 7.52. The Hall–Kier alpha value is -2.25. The number of carbonyl (C=O) groups excluding carboxylic acids is 1. The van der Waals surface area contributed by atoms with Crippen molar-refractivity contribution >= 4 is 15.9 Å². The summed E-state index contributed by atoms with van der Waals surface area (Å²) in [6.07, 6.45) is 0. The minimum absolute atomic E-state index is 0.0166. The molecule has 1 amide bonds. The van der Waals surface area contributed by atoms with Crippen LogP contribution in [0.25, 0.3) is 0 Å². The molecule has 126 valence electrons. The molecule has 0 radical (unpaired) electrons. The third kappa shape index (κ3) is 2.92. The van der Waals surface area contributed by atoms with Gasteiger partial charge < -0.3 is 5.32 Å². The molecule has 7 heteroatoms. The van der Waals surface area contributed by atoms with Gasteiger partial charge in [-0.3, -0.25) is 4.79 Å². The van der Waals surface area contributed by atoms with Crippen LogP contribution in [0.4, 0.5) is 4.39 Å². The molecule has 0 aromatic heterocycles. The number of piperazine rings is 1. The number of aryl methyl sites for hydroxylation is 1. The number of halogens is 1. The third-order valence-electron chi connectivity index (χ3n) is 4.02. The summed E-state index contributed by atoms with van der Waals surface area (Å²) in [4.78, 5) is 12.3. The van der Waals surface area contributed by atoms with Gasteiger partial charge >= 0.3 is 0 Å². The molecule has 24 heavy (non-hydrogen) atoms. The smallest absolute Gasteiger partial charge is 0.244 e. The van der Waals surface area contributed by atoms with E-state index in [4.69, 9.17) is 0 Å². The summed E-state index contributed by atoms with van der Waals surface area (Å²) < 4.78 is 40.6. The summed E-state index contributed by atoms with van der Waals surface area (Å²) in [7, 11) is -3.93. The van der Waals surface area contributed by atoms with Gasteiger partial charge in [-0.2, -0.15) is 4.31 Å². The third-order valence-corrected chi connectivity index (χ3v) is 5.88. The van der Waals surface area contributed by atoms with Crippen molar-refractivity contribution in [2.24, 2.45) is 0 Å². The lowest BCUT2D eigenvalue weighted by Crippen LogP contribution is -2.52. The van der Waals surface area contributed by atoms with Crippen LogP contribution in [0.1, 0.15) is 17.2 Å². The maximum absolute atomic E-state index is 13.5. The second-order valence-corrected chi connectivity index (χ2v) is 7.52. The molecule has 1 atom stereocenters. The minimum atomic E-state index is -3.93. The van der Waals surface area contributed by atoms with Crippen molar-refractivity contribution in [3.05, 3.63) is 65.5 Å². The van der Waals surface area contributed by atoms with Gasteiger partial charge in [0.25, 0.3) is 0 Å². The molecule has 2 aromatic carbocycles. The normalized spacial score (nSPS) is 19.1. The van der Waals surface area contributed by atoms with Crippen LogP contribution in [-0.2, 0) is 14.8 Å². The Morgan fingerprint density at radius 2 is 1.88 bits per heavy atom. The highest BCUT2D eigenvalue weighted by Crippen LogP contribution is 2.30. The molecule has 2 aromatic rings. The fraction of sp³-hybridized carbons (Fsp3) is 0.235. The zero-order valence-electron chi connectivity index (χ0n) is 13.1. The molecule has 1 heterocycles. The monoisotopic (exact) mass is 348 g/mol. The van der Waals surface area contributed by atoms with Crippen LogP contribution in [0.15, 0.2) is 53.4 Å². The second-order valence-electron chi connectivity index (χ2n) is 5.63. The molecular formula is C17H17FN2O3S. The van der Waals surface area contributed by atoms with E-state index in [9.17, 15) is 17.6 Å². The summed E-state index contributed by atoms with van der Waals surface area (Å²) in [6.45, 7) is 1.90. The number of rotatable bonds is 3. The molecule has 0 bridgehead atoms. The summed E-state index contributed by atoms with van der Waals surface area (Å²) in [5.74, 6) is -0.834. The van der Waals surface area contributed by atoms with E-state index in [1.807, 2.05) is 0 Å². The summed E-state index contributed by atoms with van der Waals surface area (Å²) in [6, 6.07) is 11.5. The fourth-order valence-electron chi connectivity index (χ4n) is 2.77.